The molecule has 0 aromatic carbocycles. The van der Waals surface area contributed by atoms with Crippen molar-refractivity contribution in [2.24, 2.45) is 11.5 Å². The predicted octanol–water partition coefficient (Wildman–Crippen LogP) is -2.58. The molecule has 102 valence electrons. The summed E-state index contributed by atoms with van der Waals surface area (Å²) in [6.45, 7) is 0.721. The van der Waals surface area contributed by atoms with Crippen LogP contribution in [0.5, 0.6) is 0 Å². The highest BCUT2D eigenvalue weighted by Crippen LogP contribution is 2.38. The zero-order valence-electron chi connectivity index (χ0n) is 9.96. The minimum absolute atomic E-state index is 0.251. The Morgan fingerprint density at radius 3 is 2.89 bits per heavy atom. The highest BCUT2D eigenvalue weighted by molar-refractivity contribution is 8.01. The Morgan fingerprint density at radius 2 is 2.33 bits per heavy atom. The molecule has 2 amide bonds. The first-order chi connectivity index (χ1) is 8.47. The third kappa shape index (κ3) is 2.46. The summed E-state index contributed by atoms with van der Waals surface area (Å²) in [7, 11) is 0. The van der Waals surface area contributed by atoms with E-state index in [0.717, 1.165) is 6.42 Å². The van der Waals surface area contributed by atoms with Crippen LogP contribution in [-0.4, -0.2) is 64.2 Å². The van der Waals surface area contributed by atoms with E-state index in [9.17, 15) is 9.59 Å². The lowest BCUT2D eigenvalue weighted by molar-refractivity contribution is -0.132. The van der Waals surface area contributed by atoms with Gasteiger partial charge in [0.15, 0.2) is 0 Å². The van der Waals surface area contributed by atoms with Crippen molar-refractivity contribution < 1.29 is 14.7 Å². The standard InChI is InChI=1S/C10H18N4O3S/c11-6(3-15)9(17)14-2-1-10(5-14)13-7(4-18-10)8(12)16/h6-7,13,15H,1-5,11H2,(H2,12,16)/t6-,7-,10?/m0/s1. The maximum Gasteiger partial charge on any atom is 0.241 e. The van der Waals surface area contributed by atoms with Crippen molar-refractivity contribution in [2.75, 3.05) is 25.4 Å². The predicted molar refractivity (Wildman–Crippen MR) is 67.6 cm³/mol. The summed E-state index contributed by atoms with van der Waals surface area (Å²) in [5.74, 6) is 0.0131. The Bertz CT molecular complexity index is 367. The lowest BCUT2D eigenvalue weighted by atomic mass is 10.2. The summed E-state index contributed by atoms with van der Waals surface area (Å²) < 4.78 is 0. The van der Waals surface area contributed by atoms with Gasteiger partial charge in [-0.05, 0) is 6.42 Å². The van der Waals surface area contributed by atoms with E-state index >= 15 is 0 Å². The topological polar surface area (TPSA) is 122 Å². The zero-order chi connectivity index (χ0) is 13.3. The van der Waals surface area contributed by atoms with Crippen LogP contribution in [0.1, 0.15) is 6.42 Å². The lowest BCUT2D eigenvalue weighted by Gasteiger charge is -2.25. The number of hydrogen-bond acceptors (Lipinski definition) is 6. The molecular formula is C10H18N4O3S. The van der Waals surface area contributed by atoms with E-state index in [0.29, 0.717) is 18.8 Å². The highest BCUT2D eigenvalue weighted by Gasteiger charge is 2.47. The smallest absolute Gasteiger partial charge is 0.241 e. The monoisotopic (exact) mass is 274 g/mol. The number of carbonyl (C=O) groups excluding carboxylic acids is 2. The number of likely N-dealkylation sites (tertiary alicyclic amines) is 1. The van der Waals surface area contributed by atoms with Crippen LogP contribution in [0, 0.1) is 0 Å². The van der Waals surface area contributed by atoms with Gasteiger partial charge in [0.1, 0.15) is 6.04 Å². The average Bonchev–Trinajstić information content (AvgIpc) is 2.96. The Kier molecular flexibility index (Phi) is 3.81. The lowest BCUT2D eigenvalue weighted by Crippen LogP contribution is -2.51. The molecule has 0 aromatic heterocycles. The summed E-state index contributed by atoms with van der Waals surface area (Å²) in [5.41, 5.74) is 10.8. The van der Waals surface area contributed by atoms with Crippen LogP contribution in [0.4, 0.5) is 0 Å². The number of primary amides is 1. The summed E-state index contributed by atoms with van der Waals surface area (Å²) in [5, 5.41) is 12.1. The summed E-state index contributed by atoms with van der Waals surface area (Å²) >= 11 is 1.62. The molecule has 1 spiro atoms. The second kappa shape index (κ2) is 5.04. The van der Waals surface area contributed by atoms with Crippen molar-refractivity contribution in [1.82, 2.24) is 10.2 Å². The van der Waals surface area contributed by atoms with Gasteiger partial charge in [0.25, 0.3) is 0 Å². The molecule has 6 N–H and O–H groups in total. The molecular weight excluding hydrogens is 256 g/mol. The molecule has 2 fully saturated rings. The number of aliphatic hydroxyl groups excluding tert-OH is 1. The number of amides is 2. The molecule has 1 unspecified atom stereocenters. The van der Waals surface area contributed by atoms with E-state index in [-0.39, 0.29) is 29.3 Å². The molecule has 2 rings (SSSR count). The van der Waals surface area contributed by atoms with Gasteiger partial charge in [-0.1, -0.05) is 0 Å². The molecule has 2 aliphatic rings. The van der Waals surface area contributed by atoms with Gasteiger partial charge in [-0.25, -0.2) is 0 Å². The number of rotatable bonds is 3. The van der Waals surface area contributed by atoms with Crippen LogP contribution >= 0.6 is 11.8 Å². The highest BCUT2D eigenvalue weighted by atomic mass is 32.2. The van der Waals surface area contributed by atoms with Crippen LogP contribution in [0.2, 0.25) is 0 Å². The van der Waals surface area contributed by atoms with E-state index in [1.807, 2.05) is 0 Å². The number of hydrogen-bond donors (Lipinski definition) is 4. The van der Waals surface area contributed by atoms with Crippen LogP contribution in [0.3, 0.4) is 0 Å². The van der Waals surface area contributed by atoms with Gasteiger partial charge in [0, 0.05) is 18.8 Å². The number of aliphatic hydroxyl groups is 1. The van der Waals surface area contributed by atoms with Crippen LogP contribution in [-0.2, 0) is 9.59 Å². The van der Waals surface area contributed by atoms with Gasteiger partial charge in [-0.3, -0.25) is 14.9 Å². The van der Waals surface area contributed by atoms with Gasteiger partial charge in [0.05, 0.1) is 17.5 Å². The van der Waals surface area contributed by atoms with Crippen LogP contribution < -0.4 is 16.8 Å². The maximum absolute atomic E-state index is 11.8. The Labute approximate surface area is 109 Å². The molecule has 2 aliphatic heterocycles. The van der Waals surface area contributed by atoms with Crippen molar-refractivity contribution in [2.45, 2.75) is 23.4 Å². The van der Waals surface area contributed by atoms with Crippen molar-refractivity contribution >= 4 is 23.6 Å². The molecule has 3 atom stereocenters. The Hall–Kier alpha value is -0.830. The van der Waals surface area contributed by atoms with E-state index < -0.39 is 6.04 Å². The largest absolute Gasteiger partial charge is 0.394 e. The fourth-order valence-corrected chi connectivity index (χ4v) is 3.76. The number of carbonyl (C=O) groups is 2. The molecule has 7 nitrogen and oxygen atoms in total. The van der Waals surface area contributed by atoms with E-state index in [2.05, 4.69) is 5.32 Å². The molecule has 8 heteroatoms. The Balaban J connectivity index is 1.96. The molecule has 18 heavy (non-hydrogen) atoms. The summed E-state index contributed by atoms with van der Waals surface area (Å²) in [6.07, 6.45) is 0.755. The first-order valence-corrected chi connectivity index (χ1v) is 6.82. The third-order valence-corrected chi connectivity index (χ3v) is 4.87. The molecule has 2 heterocycles. The zero-order valence-corrected chi connectivity index (χ0v) is 10.8. The molecule has 0 bridgehead atoms. The van der Waals surface area contributed by atoms with Crippen LogP contribution in [0.15, 0.2) is 0 Å². The average molecular weight is 274 g/mol. The van der Waals surface area contributed by atoms with Crippen molar-refractivity contribution in [3.63, 3.8) is 0 Å². The third-order valence-electron chi connectivity index (χ3n) is 3.36. The minimum Gasteiger partial charge on any atom is -0.394 e. The Morgan fingerprint density at radius 1 is 1.61 bits per heavy atom. The molecule has 2 saturated heterocycles. The first kappa shape index (κ1) is 13.6. The summed E-state index contributed by atoms with van der Waals surface area (Å²) in [4.78, 5) is 24.3. The minimum atomic E-state index is -0.863. The van der Waals surface area contributed by atoms with Gasteiger partial charge >= 0.3 is 0 Å². The van der Waals surface area contributed by atoms with Crippen LogP contribution in [0.25, 0.3) is 0 Å². The van der Waals surface area contributed by atoms with E-state index in [1.165, 1.54) is 0 Å². The fraction of sp³-hybridized carbons (Fsp3) is 0.800. The molecule has 0 saturated carbocycles. The number of thioether (sulfide) groups is 1. The van der Waals surface area contributed by atoms with E-state index in [1.54, 1.807) is 16.7 Å². The molecule has 0 aromatic rings. The molecule has 0 radical (unpaired) electrons. The number of nitrogens with zero attached hydrogens (tertiary/aromatic N) is 1. The summed E-state index contributed by atoms with van der Waals surface area (Å²) in [6, 6.07) is -1.20. The van der Waals surface area contributed by atoms with Crippen molar-refractivity contribution in [3.05, 3.63) is 0 Å². The number of nitrogens with one attached hydrogen (secondary N) is 1. The second-order valence-electron chi connectivity index (χ2n) is 4.70. The quantitative estimate of drug-likeness (QED) is 0.448. The van der Waals surface area contributed by atoms with Gasteiger partial charge in [0.2, 0.25) is 11.8 Å². The van der Waals surface area contributed by atoms with Crippen molar-refractivity contribution in [3.8, 4) is 0 Å². The van der Waals surface area contributed by atoms with Gasteiger partial charge in [-0.2, -0.15) is 0 Å². The molecule has 0 aliphatic carbocycles. The van der Waals surface area contributed by atoms with E-state index in [4.69, 9.17) is 16.6 Å². The SMILES string of the molecule is NC(=O)[C@@H]1CSC2(CCN(C(=O)[C@@H](N)CO)C2)N1. The number of nitrogens with two attached hydrogens (primary N) is 2. The first-order valence-electron chi connectivity index (χ1n) is 5.83. The maximum atomic E-state index is 11.8. The fourth-order valence-electron chi connectivity index (χ4n) is 2.32. The van der Waals surface area contributed by atoms with Crippen molar-refractivity contribution in [1.29, 1.82) is 0 Å². The van der Waals surface area contributed by atoms with Gasteiger partial charge in [-0.15, -0.1) is 11.8 Å². The normalized spacial score (nSPS) is 33.0. The second-order valence-corrected chi connectivity index (χ2v) is 6.11. The van der Waals surface area contributed by atoms with Gasteiger partial charge < -0.3 is 21.5 Å².